The van der Waals surface area contributed by atoms with Crippen LogP contribution in [0.5, 0.6) is 5.75 Å². The molecule has 0 saturated heterocycles. The van der Waals surface area contributed by atoms with Crippen LogP contribution < -0.4 is 4.74 Å². The van der Waals surface area contributed by atoms with Crippen molar-refractivity contribution in [2.75, 3.05) is 0 Å². The number of ether oxygens (including phenoxy) is 1. The zero-order valence-corrected chi connectivity index (χ0v) is 12.2. The van der Waals surface area contributed by atoms with Gasteiger partial charge >= 0.3 is 0 Å². The average molecular weight is 301 g/mol. The Hall–Kier alpha value is -2.33. The van der Waals surface area contributed by atoms with Crippen LogP contribution in [0.2, 0.25) is 5.02 Å². The van der Waals surface area contributed by atoms with E-state index in [1.54, 1.807) is 12.1 Å². The van der Waals surface area contributed by atoms with Crippen LogP contribution in [-0.4, -0.2) is 10.2 Å². The van der Waals surface area contributed by atoms with Gasteiger partial charge in [0.2, 0.25) is 5.89 Å². The molecule has 3 aromatic rings. The highest BCUT2D eigenvalue weighted by Gasteiger charge is 2.10. The van der Waals surface area contributed by atoms with Crippen LogP contribution in [0.25, 0.3) is 11.5 Å². The molecule has 1 heterocycles. The predicted molar refractivity (Wildman–Crippen MR) is 80.3 cm³/mol. The number of nitrogens with zero attached hydrogens (tertiary/aromatic N) is 2. The predicted octanol–water partition coefficient (Wildman–Crippen LogP) is 4.28. The average Bonchev–Trinajstić information content (AvgIpc) is 2.95. The van der Waals surface area contributed by atoms with E-state index in [-0.39, 0.29) is 6.61 Å². The molecule has 21 heavy (non-hydrogen) atoms. The second-order valence-electron chi connectivity index (χ2n) is 4.57. The number of benzene rings is 2. The third-order valence-electron chi connectivity index (χ3n) is 2.98. The van der Waals surface area contributed by atoms with E-state index in [0.717, 1.165) is 16.9 Å². The highest BCUT2D eigenvalue weighted by Crippen LogP contribution is 2.22. The number of para-hydroxylation sites is 1. The molecule has 0 aliphatic heterocycles. The SMILES string of the molecule is Cc1ccccc1OCc1nnc(-c2cccc(Cl)c2)o1. The van der Waals surface area contributed by atoms with E-state index in [1.165, 1.54) is 0 Å². The van der Waals surface area contributed by atoms with Gasteiger partial charge in [0.05, 0.1) is 0 Å². The minimum atomic E-state index is 0.235. The summed E-state index contributed by atoms with van der Waals surface area (Å²) >= 11 is 5.95. The van der Waals surface area contributed by atoms with Gasteiger partial charge < -0.3 is 9.15 Å². The Bertz CT molecular complexity index is 755. The lowest BCUT2D eigenvalue weighted by Crippen LogP contribution is -1.97. The number of hydrogen-bond acceptors (Lipinski definition) is 4. The van der Waals surface area contributed by atoms with Crippen LogP contribution in [0, 0.1) is 6.92 Å². The molecule has 4 nitrogen and oxygen atoms in total. The smallest absolute Gasteiger partial charge is 0.254 e. The molecule has 1 aromatic heterocycles. The van der Waals surface area contributed by atoms with Crippen molar-refractivity contribution in [2.45, 2.75) is 13.5 Å². The lowest BCUT2D eigenvalue weighted by atomic mass is 10.2. The summed E-state index contributed by atoms with van der Waals surface area (Å²) in [5.41, 5.74) is 1.85. The van der Waals surface area contributed by atoms with E-state index in [9.17, 15) is 0 Å². The van der Waals surface area contributed by atoms with E-state index in [4.69, 9.17) is 20.8 Å². The van der Waals surface area contributed by atoms with Crippen molar-refractivity contribution in [2.24, 2.45) is 0 Å². The highest BCUT2D eigenvalue weighted by atomic mass is 35.5. The Balaban J connectivity index is 1.72. The highest BCUT2D eigenvalue weighted by molar-refractivity contribution is 6.30. The van der Waals surface area contributed by atoms with Crippen LogP contribution in [0.1, 0.15) is 11.5 Å². The number of rotatable bonds is 4. The maximum Gasteiger partial charge on any atom is 0.254 e. The Morgan fingerprint density at radius 3 is 2.76 bits per heavy atom. The molecule has 106 valence electrons. The molecule has 0 unspecified atom stereocenters. The van der Waals surface area contributed by atoms with Crippen LogP contribution in [0.4, 0.5) is 0 Å². The first-order valence-electron chi connectivity index (χ1n) is 6.49. The molecular weight excluding hydrogens is 288 g/mol. The molecule has 0 amide bonds. The number of aryl methyl sites for hydroxylation is 1. The third kappa shape index (κ3) is 3.23. The molecule has 0 N–H and O–H groups in total. The van der Waals surface area contributed by atoms with Crippen molar-refractivity contribution >= 4 is 11.6 Å². The number of halogens is 1. The summed E-state index contributed by atoms with van der Waals surface area (Å²) in [6.07, 6.45) is 0. The molecule has 0 spiro atoms. The third-order valence-corrected chi connectivity index (χ3v) is 3.22. The van der Waals surface area contributed by atoms with E-state index >= 15 is 0 Å². The van der Waals surface area contributed by atoms with E-state index in [0.29, 0.717) is 16.8 Å². The van der Waals surface area contributed by atoms with Gasteiger partial charge in [0, 0.05) is 10.6 Å². The van der Waals surface area contributed by atoms with Gasteiger partial charge in [0.15, 0.2) is 6.61 Å². The molecule has 0 radical (unpaired) electrons. The van der Waals surface area contributed by atoms with Gasteiger partial charge in [-0.1, -0.05) is 35.9 Å². The second kappa shape index (κ2) is 5.97. The first-order valence-corrected chi connectivity index (χ1v) is 6.87. The van der Waals surface area contributed by atoms with Crippen LogP contribution in [-0.2, 0) is 6.61 Å². The molecule has 0 aliphatic carbocycles. The molecule has 0 saturated carbocycles. The number of hydrogen-bond donors (Lipinski definition) is 0. The van der Waals surface area contributed by atoms with Crippen LogP contribution >= 0.6 is 11.6 Å². The van der Waals surface area contributed by atoms with Gasteiger partial charge in [-0.25, -0.2) is 0 Å². The van der Waals surface area contributed by atoms with Crippen molar-refractivity contribution in [3.05, 3.63) is 65.0 Å². The van der Waals surface area contributed by atoms with Crippen molar-refractivity contribution in [3.8, 4) is 17.2 Å². The number of aromatic nitrogens is 2. The van der Waals surface area contributed by atoms with Gasteiger partial charge in [0.1, 0.15) is 5.75 Å². The van der Waals surface area contributed by atoms with E-state index in [2.05, 4.69) is 10.2 Å². The standard InChI is InChI=1S/C16H13ClN2O2/c1-11-5-2-3-8-14(11)20-10-15-18-19-16(21-15)12-6-4-7-13(17)9-12/h2-9H,10H2,1H3. The van der Waals surface area contributed by atoms with Gasteiger partial charge in [-0.15, -0.1) is 10.2 Å². The maximum atomic E-state index is 5.95. The fraction of sp³-hybridized carbons (Fsp3) is 0.125. The zero-order valence-electron chi connectivity index (χ0n) is 11.4. The first-order chi connectivity index (χ1) is 10.2. The Kier molecular flexibility index (Phi) is 3.88. The van der Waals surface area contributed by atoms with Gasteiger partial charge in [-0.3, -0.25) is 0 Å². The summed E-state index contributed by atoms with van der Waals surface area (Å²) in [7, 11) is 0. The largest absolute Gasteiger partial charge is 0.484 e. The molecule has 0 bridgehead atoms. The summed E-state index contributed by atoms with van der Waals surface area (Å²) in [4.78, 5) is 0. The minimum absolute atomic E-state index is 0.235. The molecule has 0 fully saturated rings. The normalized spacial score (nSPS) is 10.6. The Morgan fingerprint density at radius 1 is 1.10 bits per heavy atom. The first kappa shape index (κ1) is 13.6. The van der Waals surface area contributed by atoms with Gasteiger partial charge in [-0.05, 0) is 36.8 Å². The summed E-state index contributed by atoms with van der Waals surface area (Å²) in [6.45, 7) is 2.22. The Labute approximate surface area is 127 Å². The maximum absolute atomic E-state index is 5.95. The summed E-state index contributed by atoms with van der Waals surface area (Å²) in [5.74, 6) is 1.66. The molecule has 3 rings (SSSR count). The van der Waals surface area contributed by atoms with Crippen LogP contribution in [0.15, 0.2) is 52.9 Å². The lowest BCUT2D eigenvalue weighted by Gasteiger charge is -2.05. The van der Waals surface area contributed by atoms with E-state index < -0.39 is 0 Å². The minimum Gasteiger partial charge on any atom is -0.484 e. The summed E-state index contributed by atoms with van der Waals surface area (Å²) < 4.78 is 11.3. The molecule has 0 atom stereocenters. The van der Waals surface area contributed by atoms with Crippen LogP contribution in [0.3, 0.4) is 0 Å². The molecule has 5 heteroatoms. The van der Waals surface area contributed by atoms with E-state index in [1.807, 2.05) is 43.3 Å². The van der Waals surface area contributed by atoms with Gasteiger partial charge in [0.25, 0.3) is 5.89 Å². The molecule has 2 aromatic carbocycles. The topological polar surface area (TPSA) is 48.2 Å². The summed E-state index contributed by atoms with van der Waals surface area (Å²) in [6, 6.07) is 15.1. The summed E-state index contributed by atoms with van der Waals surface area (Å²) in [5, 5.41) is 8.62. The Morgan fingerprint density at radius 2 is 1.95 bits per heavy atom. The fourth-order valence-electron chi connectivity index (χ4n) is 1.91. The van der Waals surface area contributed by atoms with Gasteiger partial charge in [-0.2, -0.15) is 0 Å². The second-order valence-corrected chi connectivity index (χ2v) is 5.00. The van der Waals surface area contributed by atoms with Crippen molar-refractivity contribution < 1.29 is 9.15 Å². The fourth-order valence-corrected chi connectivity index (χ4v) is 2.10. The lowest BCUT2D eigenvalue weighted by molar-refractivity contribution is 0.263. The van der Waals surface area contributed by atoms with Crippen molar-refractivity contribution in [1.29, 1.82) is 0 Å². The quantitative estimate of drug-likeness (QED) is 0.721. The monoisotopic (exact) mass is 300 g/mol. The van der Waals surface area contributed by atoms with Crippen molar-refractivity contribution in [3.63, 3.8) is 0 Å². The molecule has 0 aliphatic rings. The molecular formula is C16H13ClN2O2. The zero-order chi connectivity index (χ0) is 14.7. The van der Waals surface area contributed by atoms with Crippen molar-refractivity contribution in [1.82, 2.24) is 10.2 Å².